The molecule has 32 heavy (non-hydrogen) atoms. The quantitative estimate of drug-likeness (QED) is 0.696. The number of nitrogens with one attached hydrogen (secondary N) is 1. The van der Waals surface area contributed by atoms with Gasteiger partial charge < -0.3 is 14.8 Å². The van der Waals surface area contributed by atoms with E-state index >= 15 is 0 Å². The van der Waals surface area contributed by atoms with Gasteiger partial charge in [0, 0.05) is 25.5 Å². The first kappa shape index (κ1) is 20.2. The summed E-state index contributed by atoms with van der Waals surface area (Å²) < 4.78 is 1.41. The van der Waals surface area contributed by atoms with Gasteiger partial charge in [-0.1, -0.05) is 48.5 Å². The molecule has 2 atom stereocenters. The second-order valence-electron chi connectivity index (χ2n) is 8.60. The van der Waals surface area contributed by atoms with Crippen molar-refractivity contribution < 1.29 is 9.59 Å². The van der Waals surface area contributed by atoms with Crippen molar-refractivity contribution in [1.82, 2.24) is 9.47 Å². The first-order valence-electron chi connectivity index (χ1n) is 10.9. The molecular weight excluding hydrogens is 402 g/mol. The van der Waals surface area contributed by atoms with Gasteiger partial charge in [0.05, 0.1) is 11.5 Å². The maximum absolute atomic E-state index is 13.6. The molecule has 0 unspecified atom stereocenters. The molecule has 3 aromatic rings. The SMILES string of the molecule is Cn1cccc(C(=O)N2CC[C@]3(C(=O)Nc4ccccc43)[C@@H]2CCc2ccccc2)c1=O. The Bertz CT molecular complexity index is 1250. The number of nitrogens with zero attached hydrogens (tertiary/aromatic N) is 2. The van der Waals surface area contributed by atoms with Crippen molar-refractivity contribution in [3.8, 4) is 0 Å². The van der Waals surface area contributed by atoms with E-state index < -0.39 is 5.41 Å². The summed E-state index contributed by atoms with van der Waals surface area (Å²) in [5.41, 5.74) is 1.93. The van der Waals surface area contributed by atoms with Gasteiger partial charge in [-0.3, -0.25) is 14.4 Å². The molecule has 3 heterocycles. The van der Waals surface area contributed by atoms with Crippen molar-refractivity contribution in [2.45, 2.75) is 30.7 Å². The third-order valence-corrected chi connectivity index (χ3v) is 6.92. The van der Waals surface area contributed by atoms with Crippen molar-refractivity contribution >= 4 is 17.5 Å². The molecule has 5 rings (SSSR count). The Hall–Kier alpha value is -3.67. The molecule has 6 nitrogen and oxygen atoms in total. The molecule has 1 N–H and O–H groups in total. The van der Waals surface area contributed by atoms with E-state index in [4.69, 9.17) is 0 Å². The smallest absolute Gasteiger partial charge is 0.263 e. The van der Waals surface area contributed by atoms with E-state index in [0.717, 1.165) is 23.2 Å². The molecule has 2 aliphatic rings. The monoisotopic (exact) mass is 427 g/mol. The first-order chi connectivity index (χ1) is 15.5. The summed E-state index contributed by atoms with van der Waals surface area (Å²) >= 11 is 0. The zero-order valence-corrected chi connectivity index (χ0v) is 18.0. The third-order valence-electron chi connectivity index (χ3n) is 6.92. The van der Waals surface area contributed by atoms with Crippen LogP contribution < -0.4 is 10.9 Å². The summed E-state index contributed by atoms with van der Waals surface area (Å²) in [5, 5.41) is 3.04. The molecule has 2 aromatic carbocycles. The Labute approximate surface area is 186 Å². The topological polar surface area (TPSA) is 71.4 Å². The minimum atomic E-state index is -0.805. The van der Waals surface area contributed by atoms with E-state index in [1.807, 2.05) is 42.5 Å². The molecule has 2 amide bonds. The van der Waals surface area contributed by atoms with Gasteiger partial charge in [-0.15, -0.1) is 0 Å². The minimum Gasteiger partial charge on any atom is -0.334 e. The van der Waals surface area contributed by atoms with Crippen molar-refractivity contribution in [1.29, 1.82) is 0 Å². The zero-order chi connectivity index (χ0) is 22.3. The maximum atomic E-state index is 13.6. The van der Waals surface area contributed by atoms with Crippen LogP contribution in [-0.2, 0) is 23.7 Å². The summed E-state index contributed by atoms with van der Waals surface area (Å²) in [6, 6.07) is 20.8. The summed E-state index contributed by atoms with van der Waals surface area (Å²) in [5.74, 6) is -0.369. The number of carbonyl (C=O) groups excluding carboxylic acids is 2. The fourth-order valence-corrected chi connectivity index (χ4v) is 5.31. The van der Waals surface area contributed by atoms with Crippen LogP contribution in [0.3, 0.4) is 0 Å². The molecule has 2 aliphatic heterocycles. The van der Waals surface area contributed by atoms with Gasteiger partial charge >= 0.3 is 0 Å². The maximum Gasteiger partial charge on any atom is 0.263 e. The van der Waals surface area contributed by atoms with Crippen LogP contribution in [0.2, 0.25) is 0 Å². The number of hydrogen-bond donors (Lipinski definition) is 1. The summed E-state index contributed by atoms with van der Waals surface area (Å²) in [7, 11) is 1.64. The highest BCUT2D eigenvalue weighted by molar-refractivity contribution is 6.08. The van der Waals surface area contributed by atoms with Gasteiger partial charge in [0.1, 0.15) is 5.56 Å². The predicted molar refractivity (Wildman–Crippen MR) is 123 cm³/mol. The average molecular weight is 428 g/mol. The summed E-state index contributed by atoms with van der Waals surface area (Å²) in [6.07, 6.45) is 3.54. The zero-order valence-electron chi connectivity index (χ0n) is 18.0. The lowest BCUT2D eigenvalue weighted by Crippen LogP contribution is -2.49. The number of likely N-dealkylation sites (tertiary alicyclic amines) is 1. The number of anilines is 1. The lowest BCUT2D eigenvalue weighted by Gasteiger charge is -2.34. The molecule has 6 heteroatoms. The molecule has 0 aliphatic carbocycles. The first-order valence-corrected chi connectivity index (χ1v) is 10.9. The van der Waals surface area contributed by atoms with Crippen LogP contribution >= 0.6 is 0 Å². The van der Waals surface area contributed by atoms with Gasteiger partial charge in [-0.2, -0.15) is 0 Å². The van der Waals surface area contributed by atoms with Crippen LogP contribution in [0.25, 0.3) is 0 Å². The number of hydrogen-bond acceptors (Lipinski definition) is 3. The van der Waals surface area contributed by atoms with E-state index in [2.05, 4.69) is 17.4 Å². The molecule has 0 radical (unpaired) electrons. The van der Waals surface area contributed by atoms with Crippen LogP contribution in [0.15, 0.2) is 77.7 Å². The van der Waals surface area contributed by atoms with Crippen LogP contribution in [-0.4, -0.2) is 33.9 Å². The number of pyridine rings is 1. The van der Waals surface area contributed by atoms with Crippen molar-refractivity contribution in [3.05, 3.63) is 100.0 Å². The predicted octanol–water partition coefficient (Wildman–Crippen LogP) is 3.12. The number of rotatable bonds is 4. The molecule has 1 spiro atoms. The van der Waals surface area contributed by atoms with Gasteiger partial charge in [-0.05, 0) is 48.6 Å². The number of benzene rings is 2. The van der Waals surface area contributed by atoms with Crippen LogP contribution in [0.1, 0.15) is 34.3 Å². The van der Waals surface area contributed by atoms with E-state index in [9.17, 15) is 14.4 Å². The van der Waals surface area contributed by atoms with Gasteiger partial charge in [0.15, 0.2) is 0 Å². The molecule has 162 valence electrons. The Kier molecular flexibility index (Phi) is 4.93. The van der Waals surface area contributed by atoms with E-state index in [1.54, 1.807) is 30.3 Å². The average Bonchev–Trinajstić information content (AvgIpc) is 3.33. The van der Waals surface area contributed by atoms with Gasteiger partial charge in [-0.25, -0.2) is 0 Å². The Balaban J connectivity index is 1.57. The molecule has 0 saturated carbocycles. The lowest BCUT2D eigenvalue weighted by molar-refractivity contribution is -0.121. The molecule has 0 bridgehead atoms. The molecular formula is C26H25N3O3. The lowest BCUT2D eigenvalue weighted by atomic mass is 9.73. The highest BCUT2D eigenvalue weighted by Crippen LogP contribution is 2.49. The number of carbonyl (C=O) groups is 2. The Morgan fingerprint density at radius 3 is 2.59 bits per heavy atom. The fraction of sp³-hybridized carbons (Fsp3) is 0.269. The van der Waals surface area contributed by atoms with Crippen LogP contribution in [0.5, 0.6) is 0 Å². The van der Waals surface area contributed by atoms with Crippen LogP contribution in [0, 0.1) is 0 Å². The highest BCUT2D eigenvalue weighted by atomic mass is 16.2. The van der Waals surface area contributed by atoms with Gasteiger partial charge in [0.25, 0.3) is 11.5 Å². The highest BCUT2D eigenvalue weighted by Gasteiger charge is 2.58. The van der Waals surface area contributed by atoms with Crippen molar-refractivity contribution in [2.24, 2.45) is 7.05 Å². The minimum absolute atomic E-state index is 0.0620. The van der Waals surface area contributed by atoms with Crippen molar-refractivity contribution in [2.75, 3.05) is 11.9 Å². The number of aromatic nitrogens is 1. The number of fused-ring (bicyclic) bond motifs is 2. The summed E-state index contributed by atoms with van der Waals surface area (Å²) in [4.78, 5) is 41.4. The van der Waals surface area contributed by atoms with E-state index in [0.29, 0.717) is 19.4 Å². The number of aryl methyl sites for hydroxylation is 2. The number of para-hydroxylation sites is 1. The molecule has 1 saturated heterocycles. The second kappa shape index (κ2) is 7.79. The van der Waals surface area contributed by atoms with Crippen LogP contribution in [0.4, 0.5) is 5.69 Å². The normalized spacial score (nSPS) is 21.6. The van der Waals surface area contributed by atoms with E-state index in [-0.39, 0.29) is 29.0 Å². The number of amides is 2. The van der Waals surface area contributed by atoms with Gasteiger partial charge in [0.2, 0.25) is 5.91 Å². The Morgan fingerprint density at radius 1 is 1.03 bits per heavy atom. The molecule has 1 fully saturated rings. The summed E-state index contributed by atoms with van der Waals surface area (Å²) in [6.45, 7) is 0.429. The second-order valence-corrected chi connectivity index (χ2v) is 8.60. The standard InChI is InChI=1S/C26H25N3O3/c1-28-16-7-10-19(23(28)30)24(31)29-17-15-26(20-11-5-6-12-21(20)27-25(26)32)22(29)14-13-18-8-3-2-4-9-18/h2-12,16,22H,13-15,17H2,1H3,(H,27,32)/t22-,26+/m0/s1. The largest absolute Gasteiger partial charge is 0.334 e. The van der Waals surface area contributed by atoms with E-state index in [1.165, 1.54) is 4.57 Å². The fourth-order valence-electron chi connectivity index (χ4n) is 5.31. The third kappa shape index (κ3) is 3.06. The Morgan fingerprint density at radius 2 is 1.78 bits per heavy atom. The van der Waals surface area contributed by atoms with Crippen molar-refractivity contribution in [3.63, 3.8) is 0 Å². The molecule has 1 aromatic heterocycles.